The highest BCUT2D eigenvalue weighted by Crippen LogP contribution is 2.38. The summed E-state index contributed by atoms with van der Waals surface area (Å²) in [6.45, 7) is 4.57. The maximum absolute atomic E-state index is 13.0. The number of carbonyl (C=O) groups is 1. The fraction of sp³-hybridized carbons (Fsp3) is 0.836. The number of quaternary nitrogens is 1. The molecule has 1 amide bonds. The molecule has 0 saturated carbocycles. The van der Waals surface area contributed by atoms with E-state index < -0.39 is 20.0 Å². The van der Waals surface area contributed by atoms with Gasteiger partial charge in [-0.2, -0.15) is 0 Å². The van der Waals surface area contributed by atoms with Gasteiger partial charge in [0.1, 0.15) is 13.2 Å². The third-order valence-corrected chi connectivity index (χ3v) is 15.7. The van der Waals surface area contributed by atoms with Crippen LogP contribution in [0.1, 0.15) is 309 Å². The largest absolute Gasteiger partial charge is 0.756 e. The van der Waals surface area contributed by atoms with E-state index in [1.54, 1.807) is 6.08 Å². The number of hydrogen-bond donors (Lipinski definition) is 2. The van der Waals surface area contributed by atoms with E-state index in [1.165, 1.54) is 225 Å². The monoisotopic (exact) mass is 1090 g/mol. The third kappa shape index (κ3) is 59.9. The van der Waals surface area contributed by atoms with Gasteiger partial charge in [0.2, 0.25) is 5.91 Å². The Bertz CT molecular complexity index is 1420. The number of carbonyl (C=O) groups excluding carboxylic acids is 1. The number of phosphoric ester groups is 1. The normalized spacial score (nSPS) is 14.1. The number of phosphoric acid groups is 1. The molecule has 9 heteroatoms. The molecule has 0 radical (unpaired) electrons. The number of unbranched alkanes of at least 4 members (excludes halogenated alkanes) is 39. The predicted molar refractivity (Wildman–Crippen MR) is 330 cm³/mol. The number of rotatable bonds is 60. The van der Waals surface area contributed by atoms with Gasteiger partial charge in [0.25, 0.3) is 7.82 Å². The van der Waals surface area contributed by atoms with E-state index in [1.807, 2.05) is 27.2 Å². The molecule has 3 atom stereocenters. The Labute approximate surface area is 472 Å². The minimum absolute atomic E-state index is 0.00328. The first-order chi connectivity index (χ1) is 37.0. The lowest BCUT2D eigenvalue weighted by atomic mass is 10.0. The Morgan fingerprint density at radius 3 is 1.17 bits per heavy atom. The van der Waals surface area contributed by atoms with Crippen LogP contribution in [0.5, 0.6) is 0 Å². The number of amides is 1. The fourth-order valence-electron chi connectivity index (χ4n) is 9.68. The van der Waals surface area contributed by atoms with E-state index in [2.05, 4.69) is 67.8 Å². The van der Waals surface area contributed by atoms with E-state index in [9.17, 15) is 19.4 Å². The van der Waals surface area contributed by atoms with Gasteiger partial charge >= 0.3 is 0 Å². The number of allylic oxidation sites excluding steroid dienone is 9. The zero-order chi connectivity index (χ0) is 55.6. The van der Waals surface area contributed by atoms with Crippen molar-refractivity contribution in [1.82, 2.24) is 5.32 Å². The highest BCUT2D eigenvalue weighted by atomic mass is 31.2. The molecule has 0 aromatic rings. The number of likely N-dealkylation sites (N-methyl/N-ethyl adjacent to an activating group) is 1. The average molecular weight is 1090 g/mol. The molecule has 0 aliphatic rings. The van der Waals surface area contributed by atoms with Gasteiger partial charge in [-0.15, -0.1) is 0 Å². The molecule has 0 bridgehead atoms. The summed E-state index contributed by atoms with van der Waals surface area (Å²) < 4.78 is 23.4. The van der Waals surface area contributed by atoms with Crippen LogP contribution in [0.2, 0.25) is 0 Å². The van der Waals surface area contributed by atoms with Gasteiger partial charge in [0.05, 0.1) is 39.9 Å². The molecular weight excluding hydrogens is 960 g/mol. The Balaban J connectivity index is 4.10. The SMILES string of the molecule is CC/C=C\C/C=C\C/C=C\C/C=C\CCCCCCCCCCCCC(=O)NC(COP(=O)([O-])OCC[N+](C)(C)C)C(O)/C=C/CCCCCCCCCCCCCCCCCCCCCCCCCCCCCCC. The van der Waals surface area contributed by atoms with Crippen LogP contribution >= 0.6 is 7.82 Å². The number of nitrogens with zero attached hydrogens (tertiary/aromatic N) is 1. The van der Waals surface area contributed by atoms with Crippen molar-refractivity contribution in [3.8, 4) is 0 Å². The summed E-state index contributed by atoms with van der Waals surface area (Å²) in [5.41, 5.74) is 0. The van der Waals surface area contributed by atoms with Gasteiger partial charge in [-0.05, 0) is 57.8 Å². The van der Waals surface area contributed by atoms with Crippen LogP contribution in [0, 0.1) is 0 Å². The van der Waals surface area contributed by atoms with Crippen molar-refractivity contribution >= 4 is 13.7 Å². The van der Waals surface area contributed by atoms with E-state index in [0.717, 1.165) is 64.2 Å². The molecule has 0 fully saturated rings. The second kappa shape index (κ2) is 57.9. The van der Waals surface area contributed by atoms with Crippen LogP contribution in [0.25, 0.3) is 0 Å². The quantitative estimate of drug-likeness (QED) is 0.0272. The Morgan fingerprint density at radius 1 is 0.474 bits per heavy atom. The molecule has 0 aliphatic heterocycles. The molecule has 0 aliphatic carbocycles. The van der Waals surface area contributed by atoms with Gasteiger partial charge < -0.3 is 28.8 Å². The highest BCUT2D eigenvalue weighted by molar-refractivity contribution is 7.45. The van der Waals surface area contributed by atoms with Crippen molar-refractivity contribution in [3.63, 3.8) is 0 Å². The summed E-state index contributed by atoms with van der Waals surface area (Å²) in [6, 6.07) is -0.893. The molecule has 0 aromatic carbocycles. The van der Waals surface area contributed by atoms with Gasteiger partial charge in [-0.3, -0.25) is 9.36 Å². The highest BCUT2D eigenvalue weighted by Gasteiger charge is 2.23. The first kappa shape index (κ1) is 74.2. The molecular formula is C67H127N2O6P. The lowest BCUT2D eigenvalue weighted by Crippen LogP contribution is -2.45. The number of aliphatic hydroxyl groups is 1. The minimum Gasteiger partial charge on any atom is -0.756 e. The molecule has 0 saturated heterocycles. The van der Waals surface area contributed by atoms with Gasteiger partial charge in [0, 0.05) is 6.42 Å². The van der Waals surface area contributed by atoms with E-state index in [0.29, 0.717) is 17.4 Å². The predicted octanol–water partition coefficient (Wildman–Crippen LogP) is 19.8. The molecule has 0 spiro atoms. The Hall–Kier alpha value is -1.80. The summed E-state index contributed by atoms with van der Waals surface area (Å²) >= 11 is 0. The molecule has 2 N–H and O–H groups in total. The number of nitrogens with one attached hydrogen (secondary N) is 1. The van der Waals surface area contributed by atoms with Crippen LogP contribution < -0.4 is 10.2 Å². The fourth-order valence-corrected chi connectivity index (χ4v) is 10.4. The second-order valence-corrected chi connectivity index (χ2v) is 24.9. The molecule has 446 valence electrons. The Morgan fingerprint density at radius 2 is 0.803 bits per heavy atom. The molecule has 76 heavy (non-hydrogen) atoms. The summed E-state index contributed by atoms with van der Waals surface area (Å²) in [5.74, 6) is -0.200. The number of aliphatic hydroxyl groups excluding tert-OH is 1. The standard InChI is InChI=1S/C67H127N2O6P/c1-6-8-10-12-14-16-18-20-22-24-26-28-30-31-32-33-34-35-36-37-39-40-42-44-46-48-50-52-54-56-58-60-66(70)65(64-75-76(72,73)74-63-62-69(3,4)5)68-67(71)61-59-57-55-53-51-49-47-45-43-41-38-29-27-25-23-21-19-17-15-13-11-9-7-2/h9,11,15,17,21,23,27,29,58,60,65-66,70H,6-8,10,12-14,16,18-20,22,24-26,28,30-57,59,61-64H2,1-5H3,(H-,68,71,72,73)/b11-9-,17-15-,23-21-,29-27-,60-58+. The number of hydrogen-bond acceptors (Lipinski definition) is 6. The molecule has 8 nitrogen and oxygen atoms in total. The summed E-state index contributed by atoms with van der Waals surface area (Å²) in [7, 11) is 1.26. The molecule has 0 heterocycles. The zero-order valence-electron chi connectivity index (χ0n) is 51.0. The lowest BCUT2D eigenvalue weighted by molar-refractivity contribution is -0.870. The van der Waals surface area contributed by atoms with E-state index in [-0.39, 0.29) is 19.1 Å². The first-order valence-electron chi connectivity index (χ1n) is 32.7. The van der Waals surface area contributed by atoms with Gasteiger partial charge in [-0.1, -0.05) is 306 Å². The minimum atomic E-state index is -4.61. The van der Waals surface area contributed by atoms with Crippen LogP contribution in [0.15, 0.2) is 60.8 Å². The summed E-state index contributed by atoms with van der Waals surface area (Å²) in [5, 5.41) is 13.9. The van der Waals surface area contributed by atoms with Crippen molar-refractivity contribution in [2.45, 2.75) is 321 Å². The van der Waals surface area contributed by atoms with Crippen molar-refractivity contribution in [2.75, 3.05) is 40.9 Å². The molecule has 0 rings (SSSR count). The third-order valence-electron chi connectivity index (χ3n) is 14.7. The van der Waals surface area contributed by atoms with Crippen LogP contribution in [0.4, 0.5) is 0 Å². The Kier molecular flexibility index (Phi) is 56.5. The van der Waals surface area contributed by atoms with Crippen LogP contribution in [0.3, 0.4) is 0 Å². The summed E-state index contributed by atoms with van der Waals surface area (Å²) in [4.78, 5) is 25.6. The van der Waals surface area contributed by atoms with Crippen LogP contribution in [-0.2, 0) is 18.4 Å². The first-order valence-corrected chi connectivity index (χ1v) is 34.1. The van der Waals surface area contributed by atoms with Crippen molar-refractivity contribution in [2.24, 2.45) is 0 Å². The maximum atomic E-state index is 13.0. The zero-order valence-corrected chi connectivity index (χ0v) is 51.9. The average Bonchev–Trinajstić information content (AvgIpc) is 3.38. The van der Waals surface area contributed by atoms with Crippen LogP contribution in [-0.4, -0.2) is 68.5 Å². The molecule has 3 unspecified atom stereocenters. The van der Waals surface area contributed by atoms with Gasteiger partial charge in [0.15, 0.2) is 0 Å². The van der Waals surface area contributed by atoms with Crippen molar-refractivity contribution in [3.05, 3.63) is 60.8 Å². The van der Waals surface area contributed by atoms with E-state index >= 15 is 0 Å². The topological polar surface area (TPSA) is 108 Å². The van der Waals surface area contributed by atoms with Crippen molar-refractivity contribution < 1.29 is 32.9 Å². The smallest absolute Gasteiger partial charge is 0.268 e. The molecule has 0 aromatic heterocycles. The second-order valence-electron chi connectivity index (χ2n) is 23.4. The van der Waals surface area contributed by atoms with Crippen molar-refractivity contribution in [1.29, 1.82) is 0 Å². The van der Waals surface area contributed by atoms with Gasteiger partial charge in [-0.25, -0.2) is 0 Å². The maximum Gasteiger partial charge on any atom is 0.268 e. The summed E-state index contributed by atoms with van der Waals surface area (Å²) in [6.07, 6.45) is 79.0. The van der Waals surface area contributed by atoms with E-state index in [4.69, 9.17) is 9.05 Å². The lowest BCUT2D eigenvalue weighted by Gasteiger charge is -2.29.